The van der Waals surface area contributed by atoms with Crippen molar-refractivity contribution in [2.45, 2.75) is 20.0 Å². The molecule has 1 aliphatic rings. The van der Waals surface area contributed by atoms with Crippen LogP contribution in [0.1, 0.15) is 25.5 Å². The highest BCUT2D eigenvalue weighted by Gasteiger charge is 2.18. The number of hydrogen-bond acceptors (Lipinski definition) is 3. The average molecular weight is 313 g/mol. The third kappa shape index (κ3) is 3.05. The zero-order chi connectivity index (χ0) is 13.1. The number of piperazine rings is 1. The van der Waals surface area contributed by atoms with Crippen LogP contribution < -0.4 is 4.90 Å². The lowest BCUT2D eigenvalue weighted by Crippen LogP contribution is -2.46. The minimum atomic E-state index is -0.410. The van der Waals surface area contributed by atoms with Crippen molar-refractivity contribution in [2.75, 3.05) is 37.6 Å². The SMILES string of the molecule is CCN1CCN(c2ccc([C@H](C)O)cc2Br)CC1. The molecule has 1 heterocycles. The molecule has 1 saturated heterocycles. The van der Waals surface area contributed by atoms with E-state index in [1.807, 2.05) is 12.1 Å². The van der Waals surface area contributed by atoms with Crippen LogP contribution in [-0.4, -0.2) is 42.7 Å². The van der Waals surface area contributed by atoms with Crippen LogP contribution in [0.3, 0.4) is 0 Å². The molecular formula is C14H21BrN2O. The standard InChI is InChI=1S/C14H21BrN2O/c1-3-16-6-8-17(9-7-16)14-5-4-12(11(2)18)10-13(14)15/h4-5,10-11,18H,3,6-9H2,1-2H3/t11-/m0/s1. The van der Waals surface area contributed by atoms with Gasteiger partial charge < -0.3 is 14.9 Å². The highest BCUT2D eigenvalue weighted by Crippen LogP contribution is 2.30. The Hall–Kier alpha value is -0.580. The van der Waals surface area contributed by atoms with Crippen LogP contribution in [0.4, 0.5) is 5.69 Å². The van der Waals surface area contributed by atoms with Gasteiger partial charge in [-0.05, 0) is 47.1 Å². The summed E-state index contributed by atoms with van der Waals surface area (Å²) in [5, 5.41) is 9.57. The summed E-state index contributed by atoms with van der Waals surface area (Å²) >= 11 is 3.62. The number of aliphatic hydroxyl groups is 1. The van der Waals surface area contributed by atoms with E-state index in [1.165, 1.54) is 5.69 Å². The van der Waals surface area contributed by atoms with Gasteiger partial charge in [0.2, 0.25) is 0 Å². The molecule has 0 radical (unpaired) electrons. The van der Waals surface area contributed by atoms with E-state index in [9.17, 15) is 5.11 Å². The number of aliphatic hydroxyl groups excluding tert-OH is 1. The van der Waals surface area contributed by atoms with Gasteiger partial charge in [-0.25, -0.2) is 0 Å². The van der Waals surface area contributed by atoms with Crippen molar-refractivity contribution in [3.63, 3.8) is 0 Å². The van der Waals surface area contributed by atoms with Crippen LogP contribution in [0.5, 0.6) is 0 Å². The van der Waals surface area contributed by atoms with Gasteiger partial charge in [-0.3, -0.25) is 0 Å². The van der Waals surface area contributed by atoms with E-state index < -0.39 is 6.10 Å². The number of hydrogen-bond donors (Lipinski definition) is 1. The first-order valence-corrected chi connectivity index (χ1v) is 7.36. The Morgan fingerprint density at radius 1 is 1.28 bits per heavy atom. The Labute approximate surface area is 118 Å². The van der Waals surface area contributed by atoms with E-state index in [-0.39, 0.29) is 0 Å². The Kier molecular flexibility index (Phi) is 4.65. The van der Waals surface area contributed by atoms with Gasteiger partial charge in [0, 0.05) is 30.7 Å². The van der Waals surface area contributed by atoms with Gasteiger partial charge in [0.15, 0.2) is 0 Å². The van der Waals surface area contributed by atoms with Gasteiger partial charge in [0.1, 0.15) is 0 Å². The van der Waals surface area contributed by atoms with Crippen molar-refractivity contribution < 1.29 is 5.11 Å². The largest absolute Gasteiger partial charge is 0.389 e. The third-order valence-electron chi connectivity index (χ3n) is 3.61. The average Bonchev–Trinajstić information content (AvgIpc) is 2.38. The topological polar surface area (TPSA) is 26.7 Å². The molecule has 0 saturated carbocycles. The summed E-state index contributed by atoms with van der Waals surface area (Å²) in [4.78, 5) is 4.87. The third-order valence-corrected chi connectivity index (χ3v) is 4.25. The lowest BCUT2D eigenvalue weighted by atomic mass is 10.1. The summed E-state index contributed by atoms with van der Waals surface area (Å²) in [5.74, 6) is 0. The highest BCUT2D eigenvalue weighted by atomic mass is 79.9. The predicted molar refractivity (Wildman–Crippen MR) is 79.1 cm³/mol. The van der Waals surface area contributed by atoms with E-state index in [2.05, 4.69) is 38.7 Å². The zero-order valence-corrected chi connectivity index (χ0v) is 12.7. The van der Waals surface area contributed by atoms with E-state index in [0.29, 0.717) is 0 Å². The van der Waals surface area contributed by atoms with Crippen molar-refractivity contribution in [3.8, 4) is 0 Å². The Morgan fingerprint density at radius 2 is 1.94 bits per heavy atom. The molecule has 1 N–H and O–H groups in total. The van der Waals surface area contributed by atoms with Crippen LogP contribution in [0.2, 0.25) is 0 Å². The summed E-state index contributed by atoms with van der Waals surface area (Å²) < 4.78 is 1.07. The van der Waals surface area contributed by atoms with Crippen molar-refractivity contribution in [1.29, 1.82) is 0 Å². The van der Waals surface area contributed by atoms with E-state index in [1.54, 1.807) is 6.92 Å². The van der Waals surface area contributed by atoms with Crippen molar-refractivity contribution in [1.82, 2.24) is 4.90 Å². The predicted octanol–water partition coefficient (Wildman–Crippen LogP) is 2.64. The fraction of sp³-hybridized carbons (Fsp3) is 0.571. The maximum absolute atomic E-state index is 9.57. The van der Waals surface area contributed by atoms with Crippen LogP contribution in [0.25, 0.3) is 0 Å². The fourth-order valence-corrected chi connectivity index (χ4v) is 2.99. The second-order valence-electron chi connectivity index (χ2n) is 4.81. The van der Waals surface area contributed by atoms with Crippen LogP contribution in [-0.2, 0) is 0 Å². The first-order valence-electron chi connectivity index (χ1n) is 6.56. The van der Waals surface area contributed by atoms with Gasteiger partial charge in [-0.1, -0.05) is 13.0 Å². The van der Waals surface area contributed by atoms with E-state index in [4.69, 9.17) is 0 Å². The fourth-order valence-electron chi connectivity index (χ4n) is 2.34. The molecule has 100 valence electrons. The number of nitrogens with zero attached hydrogens (tertiary/aromatic N) is 2. The molecular weight excluding hydrogens is 292 g/mol. The molecule has 1 atom stereocenters. The maximum atomic E-state index is 9.57. The van der Waals surface area contributed by atoms with Gasteiger partial charge in [-0.15, -0.1) is 0 Å². The van der Waals surface area contributed by atoms with Crippen molar-refractivity contribution in [2.24, 2.45) is 0 Å². The minimum absolute atomic E-state index is 0.410. The zero-order valence-electron chi connectivity index (χ0n) is 11.1. The number of halogens is 1. The molecule has 1 aliphatic heterocycles. The van der Waals surface area contributed by atoms with Crippen LogP contribution in [0.15, 0.2) is 22.7 Å². The monoisotopic (exact) mass is 312 g/mol. The molecule has 1 aromatic carbocycles. The van der Waals surface area contributed by atoms with Crippen molar-refractivity contribution >= 4 is 21.6 Å². The summed E-state index contributed by atoms with van der Waals surface area (Å²) in [6, 6.07) is 6.14. The lowest BCUT2D eigenvalue weighted by molar-refractivity contribution is 0.199. The normalized spacial score (nSPS) is 19.0. The molecule has 4 heteroatoms. The molecule has 0 amide bonds. The summed E-state index contributed by atoms with van der Waals surface area (Å²) in [6.07, 6.45) is -0.410. The summed E-state index contributed by atoms with van der Waals surface area (Å²) in [5.41, 5.74) is 2.19. The van der Waals surface area contributed by atoms with Gasteiger partial charge >= 0.3 is 0 Å². The van der Waals surface area contributed by atoms with E-state index >= 15 is 0 Å². The first kappa shape index (κ1) is 13.8. The molecule has 1 fully saturated rings. The van der Waals surface area contributed by atoms with Gasteiger partial charge in [-0.2, -0.15) is 0 Å². The van der Waals surface area contributed by atoms with Crippen LogP contribution >= 0.6 is 15.9 Å². The molecule has 0 aliphatic carbocycles. The molecule has 0 spiro atoms. The number of benzene rings is 1. The molecule has 3 nitrogen and oxygen atoms in total. The minimum Gasteiger partial charge on any atom is -0.389 e. The second-order valence-corrected chi connectivity index (χ2v) is 5.66. The van der Waals surface area contributed by atoms with Gasteiger partial charge in [0.25, 0.3) is 0 Å². The Morgan fingerprint density at radius 3 is 2.44 bits per heavy atom. The van der Waals surface area contributed by atoms with Crippen molar-refractivity contribution in [3.05, 3.63) is 28.2 Å². The van der Waals surface area contributed by atoms with E-state index in [0.717, 1.165) is 42.8 Å². The smallest absolute Gasteiger partial charge is 0.0762 e. The van der Waals surface area contributed by atoms with Gasteiger partial charge in [0.05, 0.1) is 11.8 Å². The number of anilines is 1. The summed E-state index contributed by atoms with van der Waals surface area (Å²) in [6.45, 7) is 9.53. The molecule has 0 unspecified atom stereocenters. The molecule has 2 rings (SSSR count). The summed E-state index contributed by atoms with van der Waals surface area (Å²) in [7, 11) is 0. The highest BCUT2D eigenvalue weighted by molar-refractivity contribution is 9.10. The molecule has 18 heavy (non-hydrogen) atoms. The quantitative estimate of drug-likeness (QED) is 0.929. The Bertz CT molecular complexity index is 401. The van der Waals surface area contributed by atoms with Crippen LogP contribution in [0, 0.1) is 0 Å². The first-order chi connectivity index (χ1) is 8.61. The Balaban J connectivity index is 2.10. The molecule has 0 aromatic heterocycles. The number of likely N-dealkylation sites (N-methyl/N-ethyl adjacent to an activating group) is 1. The number of rotatable bonds is 3. The molecule has 1 aromatic rings. The lowest BCUT2D eigenvalue weighted by Gasteiger charge is -2.36. The molecule has 0 bridgehead atoms. The second kappa shape index (κ2) is 6.04. The maximum Gasteiger partial charge on any atom is 0.0762 e.